The highest BCUT2D eigenvalue weighted by molar-refractivity contribution is 4.81. The molecular formula is C4H9FN2. The van der Waals surface area contributed by atoms with E-state index >= 15 is 0 Å². The molecule has 0 aromatic heterocycles. The first-order chi connectivity index (χ1) is 3.21. The quantitative estimate of drug-likeness (QED) is 0.410. The van der Waals surface area contributed by atoms with Crippen LogP contribution in [-0.4, -0.2) is 18.9 Å². The molecule has 0 spiro atoms. The van der Waals surface area contributed by atoms with Gasteiger partial charge in [0.1, 0.15) is 0 Å². The van der Waals surface area contributed by atoms with Crippen LogP contribution in [0.2, 0.25) is 0 Å². The van der Waals surface area contributed by atoms with Crippen molar-refractivity contribution in [3.8, 4) is 0 Å². The molecule has 1 aliphatic rings. The molecule has 0 aromatic carbocycles. The lowest BCUT2D eigenvalue weighted by atomic mass is 10.2. The van der Waals surface area contributed by atoms with Crippen LogP contribution < -0.4 is 11.1 Å². The summed E-state index contributed by atoms with van der Waals surface area (Å²) in [5.74, 6) is -1.42. The summed E-state index contributed by atoms with van der Waals surface area (Å²) in [5, 5.41) is 2.81. The summed E-state index contributed by atoms with van der Waals surface area (Å²) in [6.45, 7) is 1.03. The van der Waals surface area contributed by atoms with E-state index in [1.807, 2.05) is 0 Å². The molecule has 7 heavy (non-hydrogen) atoms. The minimum Gasteiger partial charge on any atom is -0.312 e. The van der Waals surface area contributed by atoms with E-state index in [2.05, 4.69) is 5.32 Å². The first-order valence-electron chi connectivity index (χ1n) is 2.39. The Balaban J connectivity index is 2.40. The van der Waals surface area contributed by atoms with Gasteiger partial charge in [-0.25, -0.2) is 4.39 Å². The Morgan fingerprint density at radius 3 is 2.57 bits per heavy atom. The summed E-state index contributed by atoms with van der Waals surface area (Å²) in [7, 11) is 0. The zero-order valence-corrected chi connectivity index (χ0v) is 4.08. The highest BCUT2D eigenvalue weighted by Crippen LogP contribution is 2.10. The predicted molar refractivity (Wildman–Crippen MR) is 25.5 cm³/mol. The summed E-state index contributed by atoms with van der Waals surface area (Å²) < 4.78 is 12.3. The first-order valence-corrected chi connectivity index (χ1v) is 2.39. The van der Waals surface area contributed by atoms with E-state index in [9.17, 15) is 4.39 Å². The molecule has 0 amide bonds. The minimum atomic E-state index is -1.42. The molecule has 1 unspecified atom stereocenters. The Kier molecular flexibility index (Phi) is 1.01. The van der Waals surface area contributed by atoms with E-state index in [0.717, 1.165) is 0 Å². The molecule has 0 radical (unpaired) electrons. The molecule has 1 atom stereocenters. The maximum Gasteiger partial charge on any atom is 0.172 e. The average Bonchev–Trinajstić information content (AvgIpc) is 1.84. The molecule has 0 aromatic rings. The van der Waals surface area contributed by atoms with Crippen LogP contribution in [0.1, 0.15) is 6.42 Å². The van der Waals surface area contributed by atoms with Crippen molar-refractivity contribution in [2.24, 2.45) is 5.73 Å². The third-order valence-corrected chi connectivity index (χ3v) is 1.14. The fraction of sp³-hybridized carbons (Fsp3) is 1.00. The zero-order chi connectivity index (χ0) is 5.33. The molecule has 1 heterocycles. The smallest absolute Gasteiger partial charge is 0.172 e. The zero-order valence-electron chi connectivity index (χ0n) is 4.08. The van der Waals surface area contributed by atoms with Crippen molar-refractivity contribution in [1.82, 2.24) is 5.32 Å². The van der Waals surface area contributed by atoms with E-state index in [4.69, 9.17) is 5.73 Å². The summed E-state index contributed by atoms with van der Waals surface area (Å²) in [5.41, 5.74) is 5.05. The Morgan fingerprint density at radius 2 is 2.43 bits per heavy atom. The van der Waals surface area contributed by atoms with Gasteiger partial charge < -0.3 is 5.32 Å². The fourth-order valence-electron chi connectivity index (χ4n) is 0.681. The maximum absolute atomic E-state index is 12.3. The standard InChI is InChI=1S/C4H9FN2/c5-4(6)1-2-7-3-4/h7H,1-3,6H2. The van der Waals surface area contributed by atoms with Crippen LogP contribution in [0.15, 0.2) is 0 Å². The van der Waals surface area contributed by atoms with Gasteiger partial charge in [-0.15, -0.1) is 0 Å². The molecule has 0 saturated carbocycles. The average molecular weight is 104 g/mol. The van der Waals surface area contributed by atoms with Crippen LogP contribution >= 0.6 is 0 Å². The molecule has 2 nitrogen and oxygen atoms in total. The van der Waals surface area contributed by atoms with Gasteiger partial charge in [-0.3, -0.25) is 5.73 Å². The SMILES string of the molecule is NC1(F)CCNC1. The molecule has 3 heteroatoms. The summed E-state index contributed by atoms with van der Waals surface area (Å²) in [4.78, 5) is 0. The highest BCUT2D eigenvalue weighted by atomic mass is 19.1. The van der Waals surface area contributed by atoms with Crippen molar-refractivity contribution in [2.45, 2.75) is 12.2 Å². The van der Waals surface area contributed by atoms with Gasteiger partial charge in [0.15, 0.2) is 5.79 Å². The van der Waals surface area contributed by atoms with Gasteiger partial charge in [0.25, 0.3) is 0 Å². The number of alkyl halides is 1. The molecule has 3 N–H and O–H groups in total. The molecule has 42 valence electrons. The molecule has 1 aliphatic heterocycles. The molecule has 1 rings (SSSR count). The second-order valence-electron chi connectivity index (χ2n) is 1.96. The Bertz CT molecular complexity index is 64.1. The summed E-state index contributed by atoms with van der Waals surface area (Å²) in [6.07, 6.45) is 0.451. The topological polar surface area (TPSA) is 38.0 Å². The van der Waals surface area contributed by atoms with E-state index in [1.165, 1.54) is 0 Å². The number of halogens is 1. The Labute approximate surface area is 41.9 Å². The van der Waals surface area contributed by atoms with Gasteiger partial charge in [-0.05, 0) is 6.54 Å². The van der Waals surface area contributed by atoms with Crippen molar-refractivity contribution in [2.75, 3.05) is 13.1 Å². The number of hydrogen-bond acceptors (Lipinski definition) is 2. The van der Waals surface area contributed by atoms with Gasteiger partial charge in [0.05, 0.1) is 0 Å². The van der Waals surface area contributed by atoms with Crippen LogP contribution in [0, 0.1) is 0 Å². The van der Waals surface area contributed by atoms with E-state index in [0.29, 0.717) is 19.5 Å². The molecular weight excluding hydrogens is 95.1 g/mol. The third kappa shape index (κ3) is 1.11. The van der Waals surface area contributed by atoms with Crippen LogP contribution in [-0.2, 0) is 0 Å². The lowest BCUT2D eigenvalue weighted by Gasteiger charge is -2.07. The summed E-state index contributed by atoms with van der Waals surface area (Å²) in [6, 6.07) is 0. The van der Waals surface area contributed by atoms with Gasteiger partial charge >= 0.3 is 0 Å². The van der Waals surface area contributed by atoms with Crippen molar-refractivity contribution in [1.29, 1.82) is 0 Å². The van der Waals surface area contributed by atoms with Gasteiger partial charge in [-0.2, -0.15) is 0 Å². The highest BCUT2D eigenvalue weighted by Gasteiger charge is 2.27. The third-order valence-electron chi connectivity index (χ3n) is 1.14. The minimum absolute atomic E-state index is 0.312. The Hall–Kier alpha value is -0.150. The van der Waals surface area contributed by atoms with Crippen molar-refractivity contribution >= 4 is 0 Å². The van der Waals surface area contributed by atoms with Crippen LogP contribution in [0.25, 0.3) is 0 Å². The number of hydrogen-bond donors (Lipinski definition) is 2. The fourth-order valence-corrected chi connectivity index (χ4v) is 0.681. The van der Waals surface area contributed by atoms with Gasteiger partial charge in [0, 0.05) is 13.0 Å². The normalized spacial score (nSPS) is 42.0. The van der Waals surface area contributed by atoms with Gasteiger partial charge in [-0.1, -0.05) is 0 Å². The summed E-state index contributed by atoms with van der Waals surface area (Å²) >= 11 is 0. The Morgan fingerprint density at radius 1 is 1.71 bits per heavy atom. The molecule has 1 saturated heterocycles. The van der Waals surface area contributed by atoms with Crippen LogP contribution in [0.3, 0.4) is 0 Å². The second-order valence-corrected chi connectivity index (χ2v) is 1.96. The first kappa shape index (κ1) is 5.00. The van der Waals surface area contributed by atoms with E-state index < -0.39 is 5.79 Å². The van der Waals surface area contributed by atoms with Crippen molar-refractivity contribution < 1.29 is 4.39 Å². The molecule has 1 fully saturated rings. The van der Waals surface area contributed by atoms with Crippen LogP contribution in [0.4, 0.5) is 4.39 Å². The van der Waals surface area contributed by atoms with Crippen molar-refractivity contribution in [3.05, 3.63) is 0 Å². The molecule has 0 bridgehead atoms. The number of nitrogens with two attached hydrogens (primary N) is 1. The lowest BCUT2D eigenvalue weighted by Crippen LogP contribution is -2.36. The van der Waals surface area contributed by atoms with E-state index in [1.54, 1.807) is 0 Å². The van der Waals surface area contributed by atoms with Crippen LogP contribution in [0.5, 0.6) is 0 Å². The maximum atomic E-state index is 12.3. The monoisotopic (exact) mass is 104 g/mol. The predicted octanol–water partition coefficient (Wildman–Crippen LogP) is -0.396. The van der Waals surface area contributed by atoms with Crippen molar-refractivity contribution in [3.63, 3.8) is 0 Å². The molecule has 0 aliphatic carbocycles. The number of rotatable bonds is 0. The van der Waals surface area contributed by atoms with E-state index in [-0.39, 0.29) is 0 Å². The second kappa shape index (κ2) is 1.42. The largest absolute Gasteiger partial charge is 0.312 e. The lowest BCUT2D eigenvalue weighted by molar-refractivity contribution is 0.201. The number of nitrogens with one attached hydrogen (secondary N) is 1. The van der Waals surface area contributed by atoms with Gasteiger partial charge in [0.2, 0.25) is 0 Å².